The largest absolute Gasteiger partial charge is 0.444 e. The molecule has 0 aromatic carbocycles. The van der Waals surface area contributed by atoms with Crippen LogP contribution in [0.1, 0.15) is 66.2 Å². The van der Waals surface area contributed by atoms with E-state index in [0.29, 0.717) is 12.1 Å². The van der Waals surface area contributed by atoms with Gasteiger partial charge in [-0.15, -0.1) is 0 Å². The van der Waals surface area contributed by atoms with E-state index in [9.17, 15) is 4.79 Å². The van der Waals surface area contributed by atoms with Gasteiger partial charge >= 0.3 is 6.09 Å². The average Bonchev–Trinajstić information content (AvgIpc) is 2.64. The summed E-state index contributed by atoms with van der Waals surface area (Å²) in [6.45, 7) is 8.01. The molecule has 0 bridgehead atoms. The number of rotatable bonds is 1. The first-order chi connectivity index (χ1) is 8.42. The van der Waals surface area contributed by atoms with Gasteiger partial charge in [0.1, 0.15) is 5.60 Å². The molecule has 2 rings (SSSR count). The molecule has 3 nitrogen and oxygen atoms in total. The fraction of sp³-hybridized carbons (Fsp3) is 0.933. The first kappa shape index (κ1) is 13.7. The van der Waals surface area contributed by atoms with Crippen LogP contribution in [0.2, 0.25) is 0 Å². The Kier molecular flexibility index (Phi) is 3.88. The summed E-state index contributed by atoms with van der Waals surface area (Å²) < 4.78 is 5.59. The zero-order valence-corrected chi connectivity index (χ0v) is 12.2. The van der Waals surface area contributed by atoms with Crippen molar-refractivity contribution in [2.75, 3.05) is 0 Å². The van der Waals surface area contributed by atoms with E-state index in [-0.39, 0.29) is 11.7 Å². The molecule has 1 amide bonds. The predicted octanol–water partition coefficient (Wildman–Crippen LogP) is 3.96. The minimum absolute atomic E-state index is 0.0937. The Morgan fingerprint density at radius 3 is 2.56 bits per heavy atom. The van der Waals surface area contributed by atoms with Gasteiger partial charge in [-0.1, -0.05) is 19.8 Å². The Hall–Kier alpha value is -0.730. The highest BCUT2D eigenvalue weighted by Gasteiger charge is 2.45. The third-order valence-electron chi connectivity index (χ3n) is 4.27. The number of fused-ring (bicyclic) bond motifs is 1. The van der Waals surface area contributed by atoms with Crippen molar-refractivity contribution in [3.63, 3.8) is 0 Å². The maximum absolute atomic E-state index is 12.4. The zero-order chi connectivity index (χ0) is 13.3. The highest BCUT2D eigenvalue weighted by atomic mass is 16.6. The Labute approximate surface area is 111 Å². The molecule has 2 fully saturated rings. The number of hydrogen-bond acceptors (Lipinski definition) is 2. The summed E-state index contributed by atoms with van der Waals surface area (Å²) >= 11 is 0. The van der Waals surface area contributed by atoms with Crippen LogP contribution in [0.5, 0.6) is 0 Å². The van der Waals surface area contributed by atoms with Gasteiger partial charge in [0, 0.05) is 12.1 Å². The SMILES string of the molecule is CCC1CC2CCCCC2N1C(=O)OC(C)(C)C. The van der Waals surface area contributed by atoms with Gasteiger partial charge in [-0.25, -0.2) is 4.79 Å². The molecule has 0 aromatic heterocycles. The third-order valence-corrected chi connectivity index (χ3v) is 4.27. The number of likely N-dealkylation sites (tertiary alicyclic amines) is 1. The maximum atomic E-state index is 12.4. The van der Waals surface area contributed by atoms with Crippen molar-refractivity contribution in [1.29, 1.82) is 0 Å². The Bertz CT molecular complexity index is 308. The summed E-state index contributed by atoms with van der Waals surface area (Å²) in [5, 5.41) is 0. The fourth-order valence-electron chi connectivity index (χ4n) is 3.53. The molecule has 1 aliphatic heterocycles. The second-order valence-electron chi connectivity index (χ2n) is 6.80. The molecule has 1 aliphatic carbocycles. The molecule has 0 radical (unpaired) electrons. The number of ether oxygens (including phenoxy) is 1. The lowest BCUT2D eigenvalue weighted by atomic mass is 9.84. The van der Waals surface area contributed by atoms with E-state index in [1.165, 1.54) is 32.1 Å². The monoisotopic (exact) mass is 253 g/mol. The van der Waals surface area contributed by atoms with Crippen molar-refractivity contribution in [1.82, 2.24) is 4.90 Å². The normalized spacial score (nSPS) is 32.2. The molecule has 18 heavy (non-hydrogen) atoms. The van der Waals surface area contributed by atoms with Crippen LogP contribution in [-0.4, -0.2) is 28.7 Å². The summed E-state index contributed by atoms with van der Waals surface area (Å²) in [6.07, 6.45) is 7.19. The molecular weight excluding hydrogens is 226 g/mol. The standard InChI is InChI=1S/C15H27NO2/c1-5-12-10-11-8-6-7-9-13(11)16(12)14(17)18-15(2,3)4/h11-13H,5-10H2,1-4H3. The van der Waals surface area contributed by atoms with Crippen molar-refractivity contribution in [3.8, 4) is 0 Å². The number of nitrogens with zero attached hydrogens (tertiary/aromatic N) is 1. The van der Waals surface area contributed by atoms with E-state index in [1.807, 2.05) is 20.8 Å². The molecule has 1 heterocycles. The summed E-state index contributed by atoms with van der Waals surface area (Å²) in [5.74, 6) is 0.719. The van der Waals surface area contributed by atoms with Gasteiger partial charge < -0.3 is 9.64 Å². The van der Waals surface area contributed by atoms with Gasteiger partial charge in [0.2, 0.25) is 0 Å². The van der Waals surface area contributed by atoms with Crippen molar-refractivity contribution in [2.45, 2.75) is 83.9 Å². The van der Waals surface area contributed by atoms with E-state index in [4.69, 9.17) is 4.74 Å². The summed E-state index contributed by atoms with van der Waals surface area (Å²) in [5.41, 5.74) is -0.387. The lowest BCUT2D eigenvalue weighted by Gasteiger charge is -2.35. The maximum Gasteiger partial charge on any atom is 0.410 e. The molecular formula is C15H27NO2. The van der Waals surface area contributed by atoms with E-state index < -0.39 is 0 Å². The van der Waals surface area contributed by atoms with Crippen molar-refractivity contribution >= 4 is 6.09 Å². The van der Waals surface area contributed by atoms with Gasteiger partial charge in [0.25, 0.3) is 0 Å². The predicted molar refractivity (Wildman–Crippen MR) is 72.5 cm³/mol. The van der Waals surface area contributed by atoms with Crippen LogP contribution in [0.3, 0.4) is 0 Å². The molecule has 3 unspecified atom stereocenters. The van der Waals surface area contributed by atoms with E-state index >= 15 is 0 Å². The molecule has 104 valence electrons. The summed E-state index contributed by atoms with van der Waals surface area (Å²) in [7, 11) is 0. The van der Waals surface area contributed by atoms with Gasteiger partial charge in [0.15, 0.2) is 0 Å². The second kappa shape index (κ2) is 5.10. The van der Waals surface area contributed by atoms with Gasteiger partial charge in [-0.3, -0.25) is 0 Å². The number of carbonyl (C=O) groups excluding carboxylic acids is 1. The van der Waals surface area contributed by atoms with Gasteiger partial charge in [-0.2, -0.15) is 0 Å². The Morgan fingerprint density at radius 2 is 1.94 bits per heavy atom. The van der Waals surface area contributed by atoms with Gasteiger partial charge in [0.05, 0.1) is 0 Å². The number of hydrogen-bond donors (Lipinski definition) is 0. The van der Waals surface area contributed by atoms with Crippen LogP contribution in [0.25, 0.3) is 0 Å². The lowest BCUT2D eigenvalue weighted by Crippen LogP contribution is -2.45. The Morgan fingerprint density at radius 1 is 1.28 bits per heavy atom. The molecule has 0 N–H and O–H groups in total. The van der Waals surface area contributed by atoms with Crippen LogP contribution in [0.15, 0.2) is 0 Å². The van der Waals surface area contributed by atoms with Crippen molar-refractivity contribution < 1.29 is 9.53 Å². The molecule has 0 spiro atoms. The first-order valence-electron chi connectivity index (χ1n) is 7.43. The van der Waals surface area contributed by atoms with E-state index in [1.54, 1.807) is 0 Å². The smallest absolute Gasteiger partial charge is 0.410 e. The van der Waals surface area contributed by atoms with Gasteiger partial charge in [-0.05, 0) is 52.4 Å². The second-order valence-corrected chi connectivity index (χ2v) is 6.80. The van der Waals surface area contributed by atoms with Crippen LogP contribution >= 0.6 is 0 Å². The number of amides is 1. The van der Waals surface area contributed by atoms with Crippen LogP contribution in [-0.2, 0) is 4.74 Å². The molecule has 1 saturated carbocycles. The third kappa shape index (κ3) is 2.81. The molecule has 0 aromatic rings. The average molecular weight is 253 g/mol. The zero-order valence-electron chi connectivity index (χ0n) is 12.2. The highest BCUT2D eigenvalue weighted by Crippen LogP contribution is 2.41. The topological polar surface area (TPSA) is 29.5 Å². The Balaban J connectivity index is 2.10. The van der Waals surface area contributed by atoms with Crippen molar-refractivity contribution in [3.05, 3.63) is 0 Å². The van der Waals surface area contributed by atoms with Crippen LogP contribution < -0.4 is 0 Å². The lowest BCUT2D eigenvalue weighted by molar-refractivity contribution is 0.0101. The van der Waals surface area contributed by atoms with E-state index in [0.717, 1.165) is 12.3 Å². The van der Waals surface area contributed by atoms with Crippen LogP contribution in [0, 0.1) is 5.92 Å². The molecule has 3 heteroatoms. The first-order valence-corrected chi connectivity index (χ1v) is 7.43. The minimum Gasteiger partial charge on any atom is -0.444 e. The highest BCUT2D eigenvalue weighted by molar-refractivity contribution is 5.69. The minimum atomic E-state index is -0.387. The molecule has 3 atom stereocenters. The fourth-order valence-corrected chi connectivity index (χ4v) is 3.53. The quantitative estimate of drug-likeness (QED) is 0.707. The summed E-state index contributed by atoms with van der Waals surface area (Å²) in [4.78, 5) is 14.5. The van der Waals surface area contributed by atoms with Crippen molar-refractivity contribution in [2.24, 2.45) is 5.92 Å². The van der Waals surface area contributed by atoms with Crippen LogP contribution in [0.4, 0.5) is 4.79 Å². The number of carbonyl (C=O) groups is 1. The molecule has 1 saturated heterocycles. The van der Waals surface area contributed by atoms with E-state index in [2.05, 4.69) is 11.8 Å². The molecule has 2 aliphatic rings. The summed E-state index contributed by atoms with van der Waals surface area (Å²) in [6, 6.07) is 0.839.